The third-order valence-electron chi connectivity index (χ3n) is 3.17. The van der Waals surface area contributed by atoms with E-state index >= 15 is 0 Å². The number of hydrogen-bond donors (Lipinski definition) is 2. The highest BCUT2D eigenvalue weighted by atomic mass is 15.1. The summed E-state index contributed by atoms with van der Waals surface area (Å²) < 4.78 is 0. The molecular formula is C14H15N5. The van der Waals surface area contributed by atoms with Crippen molar-refractivity contribution in [2.75, 3.05) is 0 Å². The monoisotopic (exact) mass is 253 g/mol. The van der Waals surface area contributed by atoms with Crippen molar-refractivity contribution in [3.05, 3.63) is 41.2 Å². The molecule has 0 atom stereocenters. The summed E-state index contributed by atoms with van der Waals surface area (Å²) in [5.41, 5.74) is 11.4. The number of fused-ring (bicyclic) bond motifs is 1. The van der Waals surface area contributed by atoms with Gasteiger partial charge < -0.3 is 10.7 Å². The molecule has 0 saturated heterocycles. The molecule has 0 amide bonds. The maximum atomic E-state index is 5.74. The summed E-state index contributed by atoms with van der Waals surface area (Å²) in [6, 6.07) is 7.97. The van der Waals surface area contributed by atoms with Crippen LogP contribution in [0.1, 0.15) is 17.0 Å². The highest BCUT2D eigenvalue weighted by Gasteiger charge is 2.11. The first kappa shape index (κ1) is 11.8. The van der Waals surface area contributed by atoms with Crippen molar-refractivity contribution >= 4 is 11.0 Å². The number of rotatable bonds is 2. The minimum absolute atomic E-state index is 0.480. The number of aromatic nitrogens is 4. The molecule has 0 radical (unpaired) electrons. The molecule has 0 unspecified atom stereocenters. The van der Waals surface area contributed by atoms with Crippen molar-refractivity contribution < 1.29 is 0 Å². The van der Waals surface area contributed by atoms with E-state index in [0.717, 1.165) is 39.4 Å². The van der Waals surface area contributed by atoms with Crippen molar-refractivity contribution in [1.29, 1.82) is 0 Å². The van der Waals surface area contributed by atoms with Crippen LogP contribution in [0.5, 0.6) is 0 Å². The van der Waals surface area contributed by atoms with Crippen LogP contribution in [0, 0.1) is 13.8 Å². The fourth-order valence-electron chi connectivity index (χ4n) is 2.17. The lowest BCUT2D eigenvalue weighted by Crippen LogP contribution is -1.97. The number of imidazole rings is 1. The fourth-order valence-corrected chi connectivity index (χ4v) is 2.17. The van der Waals surface area contributed by atoms with E-state index in [1.807, 2.05) is 38.1 Å². The number of nitrogens with one attached hydrogen (secondary N) is 1. The molecule has 0 spiro atoms. The Labute approximate surface area is 110 Å². The van der Waals surface area contributed by atoms with Gasteiger partial charge in [-0.15, -0.1) is 0 Å². The maximum Gasteiger partial charge on any atom is 0.140 e. The van der Waals surface area contributed by atoms with Crippen molar-refractivity contribution in [3.8, 4) is 11.4 Å². The molecule has 5 nitrogen and oxygen atoms in total. The van der Waals surface area contributed by atoms with E-state index in [0.29, 0.717) is 6.54 Å². The van der Waals surface area contributed by atoms with Crippen LogP contribution >= 0.6 is 0 Å². The van der Waals surface area contributed by atoms with Gasteiger partial charge in [0.05, 0.1) is 22.4 Å². The van der Waals surface area contributed by atoms with Gasteiger partial charge in [0, 0.05) is 12.1 Å². The van der Waals surface area contributed by atoms with E-state index in [1.54, 1.807) is 0 Å². The Bertz CT molecular complexity index is 745. The Morgan fingerprint density at radius 2 is 2.05 bits per heavy atom. The van der Waals surface area contributed by atoms with Gasteiger partial charge in [-0.25, -0.2) is 4.98 Å². The Morgan fingerprint density at radius 1 is 1.21 bits per heavy atom. The third kappa shape index (κ3) is 1.98. The molecule has 0 aliphatic rings. The van der Waals surface area contributed by atoms with Gasteiger partial charge in [0.2, 0.25) is 0 Å². The Morgan fingerprint density at radius 3 is 2.84 bits per heavy atom. The number of H-pyrrole nitrogens is 1. The SMILES string of the molecule is Cc1cc(-c2nc3c(CN)cccc3[nH]2)c(C)nn1. The van der Waals surface area contributed by atoms with Gasteiger partial charge in [-0.1, -0.05) is 12.1 Å². The quantitative estimate of drug-likeness (QED) is 0.732. The number of para-hydroxylation sites is 1. The summed E-state index contributed by atoms with van der Waals surface area (Å²) in [5, 5.41) is 8.17. The van der Waals surface area contributed by atoms with Gasteiger partial charge in [0.25, 0.3) is 0 Å². The van der Waals surface area contributed by atoms with Gasteiger partial charge in [0.1, 0.15) is 5.82 Å². The Kier molecular flexibility index (Phi) is 2.76. The second-order valence-electron chi connectivity index (χ2n) is 4.59. The normalized spacial score (nSPS) is 11.1. The lowest BCUT2D eigenvalue weighted by molar-refractivity contribution is 0.940. The number of aromatic amines is 1. The average Bonchev–Trinajstić information content (AvgIpc) is 2.85. The predicted octanol–water partition coefficient (Wildman–Crippen LogP) is 2.10. The lowest BCUT2D eigenvalue weighted by Gasteiger charge is -2.01. The number of nitrogens with zero attached hydrogens (tertiary/aromatic N) is 3. The van der Waals surface area contributed by atoms with E-state index in [-0.39, 0.29) is 0 Å². The first-order valence-electron chi connectivity index (χ1n) is 6.18. The summed E-state index contributed by atoms with van der Waals surface area (Å²) >= 11 is 0. The van der Waals surface area contributed by atoms with Gasteiger partial charge in [0.15, 0.2) is 0 Å². The number of benzene rings is 1. The predicted molar refractivity (Wildman–Crippen MR) is 74.5 cm³/mol. The molecule has 0 fully saturated rings. The zero-order chi connectivity index (χ0) is 13.4. The highest BCUT2D eigenvalue weighted by Crippen LogP contribution is 2.24. The molecule has 3 aromatic rings. The summed E-state index contributed by atoms with van der Waals surface area (Å²) in [5.74, 6) is 0.811. The average molecular weight is 253 g/mol. The van der Waals surface area contributed by atoms with E-state index in [4.69, 9.17) is 5.73 Å². The summed E-state index contributed by atoms with van der Waals surface area (Å²) in [6.07, 6.45) is 0. The van der Waals surface area contributed by atoms with Crippen molar-refractivity contribution in [1.82, 2.24) is 20.2 Å². The minimum atomic E-state index is 0.480. The Hall–Kier alpha value is -2.27. The third-order valence-corrected chi connectivity index (χ3v) is 3.17. The van der Waals surface area contributed by atoms with Gasteiger partial charge in [-0.2, -0.15) is 10.2 Å². The molecule has 0 aliphatic heterocycles. The first-order valence-corrected chi connectivity index (χ1v) is 6.18. The molecule has 1 aromatic carbocycles. The van der Waals surface area contributed by atoms with Crippen molar-refractivity contribution in [3.63, 3.8) is 0 Å². The van der Waals surface area contributed by atoms with Crippen LogP contribution in [0.3, 0.4) is 0 Å². The largest absolute Gasteiger partial charge is 0.338 e. The molecule has 3 N–H and O–H groups in total. The molecule has 0 saturated carbocycles. The lowest BCUT2D eigenvalue weighted by atomic mass is 10.2. The van der Waals surface area contributed by atoms with E-state index in [9.17, 15) is 0 Å². The van der Waals surface area contributed by atoms with E-state index < -0.39 is 0 Å². The van der Waals surface area contributed by atoms with Gasteiger partial charge >= 0.3 is 0 Å². The fraction of sp³-hybridized carbons (Fsp3) is 0.214. The van der Waals surface area contributed by atoms with E-state index in [1.165, 1.54) is 0 Å². The van der Waals surface area contributed by atoms with E-state index in [2.05, 4.69) is 20.2 Å². The van der Waals surface area contributed by atoms with Gasteiger partial charge in [-0.05, 0) is 31.5 Å². The van der Waals surface area contributed by atoms with Crippen LogP contribution in [-0.4, -0.2) is 20.2 Å². The van der Waals surface area contributed by atoms with Crippen molar-refractivity contribution in [2.45, 2.75) is 20.4 Å². The molecule has 3 rings (SSSR count). The highest BCUT2D eigenvalue weighted by molar-refractivity contribution is 5.82. The zero-order valence-electron chi connectivity index (χ0n) is 10.9. The maximum absolute atomic E-state index is 5.74. The van der Waals surface area contributed by atoms with Crippen LogP contribution in [0.4, 0.5) is 0 Å². The standard InChI is InChI=1S/C14H15N5/c1-8-6-11(9(2)19-18-8)14-16-12-5-3-4-10(7-15)13(12)17-14/h3-6H,7,15H2,1-2H3,(H,16,17). The molecule has 5 heteroatoms. The van der Waals surface area contributed by atoms with Crippen LogP contribution in [0.15, 0.2) is 24.3 Å². The van der Waals surface area contributed by atoms with Crippen LogP contribution < -0.4 is 5.73 Å². The molecule has 2 aromatic heterocycles. The molecular weight excluding hydrogens is 238 g/mol. The van der Waals surface area contributed by atoms with Crippen LogP contribution in [0.2, 0.25) is 0 Å². The van der Waals surface area contributed by atoms with Crippen molar-refractivity contribution in [2.24, 2.45) is 5.73 Å². The van der Waals surface area contributed by atoms with Gasteiger partial charge in [-0.3, -0.25) is 0 Å². The molecule has 19 heavy (non-hydrogen) atoms. The molecule has 0 aliphatic carbocycles. The number of nitrogens with two attached hydrogens (primary N) is 1. The van der Waals surface area contributed by atoms with Crippen LogP contribution in [-0.2, 0) is 6.54 Å². The topological polar surface area (TPSA) is 80.5 Å². The smallest absolute Gasteiger partial charge is 0.140 e. The Balaban J connectivity index is 2.23. The summed E-state index contributed by atoms with van der Waals surface area (Å²) in [6.45, 7) is 4.33. The summed E-state index contributed by atoms with van der Waals surface area (Å²) in [7, 11) is 0. The second-order valence-corrected chi connectivity index (χ2v) is 4.59. The summed E-state index contributed by atoms with van der Waals surface area (Å²) in [4.78, 5) is 7.97. The minimum Gasteiger partial charge on any atom is -0.338 e. The second kappa shape index (κ2) is 4.44. The zero-order valence-corrected chi connectivity index (χ0v) is 10.9. The molecule has 0 bridgehead atoms. The first-order chi connectivity index (χ1) is 9.19. The molecule has 96 valence electrons. The number of aryl methyl sites for hydroxylation is 2. The van der Waals surface area contributed by atoms with Crippen LogP contribution in [0.25, 0.3) is 22.4 Å². The number of hydrogen-bond acceptors (Lipinski definition) is 4. The molecule has 2 heterocycles.